The molecule has 34 heavy (non-hydrogen) atoms. The van der Waals surface area contributed by atoms with Gasteiger partial charge >= 0.3 is 0 Å². The molecule has 0 aromatic heterocycles. The first kappa shape index (κ1) is 25.3. The van der Waals surface area contributed by atoms with E-state index in [1.807, 2.05) is 0 Å². The molecule has 1 aromatic carbocycles. The average molecular weight is 491 g/mol. The fraction of sp³-hybridized carbons (Fsp3) is 0.680. The monoisotopic (exact) mass is 490 g/mol. The van der Waals surface area contributed by atoms with E-state index in [1.54, 1.807) is 17.0 Å². The molecule has 0 unspecified atom stereocenters. The standard InChI is InChI=1S/C25H38N4O4S/c1-21(30)23-7-9-24(10-8-23)34(32,33)29-17-15-28(16-18-29)25(31)20-27-13-11-26(12-14-27)19-22-5-3-2-4-6-22/h7-10,22H,2-6,11-20H2,1H3. The number of amides is 1. The summed E-state index contributed by atoms with van der Waals surface area (Å²) < 4.78 is 27.4. The highest BCUT2D eigenvalue weighted by Crippen LogP contribution is 2.25. The van der Waals surface area contributed by atoms with Crippen molar-refractivity contribution in [2.75, 3.05) is 65.4 Å². The summed E-state index contributed by atoms with van der Waals surface area (Å²) in [6.45, 7) is 8.36. The van der Waals surface area contributed by atoms with Crippen LogP contribution in [-0.4, -0.2) is 105 Å². The van der Waals surface area contributed by atoms with Crippen LogP contribution in [0.4, 0.5) is 0 Å². The number of piperazine rings is 2. The maximum Gasteiger partial charge on any atom is 0.243 e. The normalized spacial score (nSPS) is 22.1. The number of rotatable bonds is 7. The Balaban J connectivity index is 1.21. The summed E-state index contributed by atoms with van der Waals surface area (Å²) in [7, 11) is -3.63. The van der Waals surface area contributed by atoms with Crippen molar-refractivity contribution in [1.82, 2.24) is 19.0 Å². The Labute approximate surface area is 203 Å². The predicted octanol–water partition coefficient (Wildman–Crippen LogP) is 1.92. The van der Waals surface area contributed by atoms with Gasteiger partial charge in [-0.2, -0.15) is 4.31 Å². The zero-order valence-corrected chi connectivity index (χ0v) is 21.1. The number of carbonyl (C=O) groups excluding carboxylic acids is 2. The largest absolute Gasteiger partial charge is 0.339 e. The molecule has 0 radical (unpaired) electrons. The summed E-state index contributed by atoms with van der Waals surface area (Å²) in [5.41, 5.74) is 0.490. The van der Waals surface area contributed by atoms with Crippen LogP contribution in [0.1, 0.15) is 49.4 Å². The van der Waals surface area contributed by atoms with E-state index in [1.165, 1.54) is 62.0 Å². The molecule has 4 rings (SSSR count). The summed E-state index contributed by atoms with van der Waals surface area (Å²) in [4.78, 5) is 31.1. The van der Waals surface area contributed by atoms with Crippen molar-refractivity contribution >= 4 is 21.7 Å². The van der Waals surface area contributed by atoms with Crippen molar-refractivity contribution < 1.29 is 18.0 Å². The van der Waals surface area contributed by atoms with Crippen LogP contribution in [0.5, 0.6) is 0 Å². The fourth-order valence-corrected chi connectivity index (χ4v) is 6.77. The van der Waals surface area contributed by atoms with E-state index in [2.05, 4.69) is 9.80 Å². The molecule has 188 valence electrons. The van der Waals surface area contributed by atoms with Crippen LogP contribution in [-0.2, 0) is 14.8 Å². The van der Waals surface area contributed by atoms with Crippen LogP contribution in [0.2, 0.25) is 0 Å². The van der Waals surface area contributed by atoms with Gasteiger partial charge in [0.2, 0.25) is 15.9 Å². The highest BCUT2D eigenvalue weighted by Gasteiger charge is 2.31. The zero-order chi connectivity index (χ0) is 24.1. The second kappa shape index (κ2) is 11.3. The Morgan fingerprint density at radius 3 is 2.00 bits per heavy atom. The number of ketones is 1. The Hall–Kier alpha value is -1.81. The highest BCUT2D eigenvalue weighted by molar-refractivity contribution is 7.89. The van der Waals surface area contributed by atoms with E-state index in [4.69, 9.17) is 0 Å². The van der Waals surface area contributed by atoms with Crippen LogP contribution in [0.3, 0.4) is 0 Å². The van der Waals surface area contributed by atoms with Crippen molar-refractivity contribution in [3.8, 4) is 0 Å². The molecule has 0 atom stereocenters. The minimum Gasteiger partial charge on any atom is -0.339 e. The SMILES string of the molecule is CC(=O)c1ccc(S(=O)(=O)N2CCN(C(=O)CN3CCN(CC4CCCCC4)CC3)CC2)cc1. The summed E-state index contributed by atoms with van der Waals surface area (Å²) in [5, 5.41) is 0. The van der Waals surface area contributed by atoms with Crippen molar-refractivity contribution in [2.45, 2.75) is 43.9 Å². The molecular weight excluding hydrogens is 452 g/mol. The van der Waals surface area contributed by atoms with Crippen LogP contribution in [0, 0.1) is 5.92 Å². The Morgan fingerprint density at radius 2 is 1.41 bits per heavy atom. The molecule has 1 amide bonds. The lowest BCUT2D eigenvalue weighted by Gasteiger charge is -2.38. The number of sulfonamides is 1. The fourth-order valence-electron chi connectivity index (χ4n) is 5.34. The molecule has 3 aliphatic rings. The molecule has 0 bridgehead atoms. The lowest BCUT2D eigenvalue weighted by Crippen LogP contribution is -2.54. The Morgan fingerprint density at radius 1 is 0.824 bits per heavy atom. The molecule has 2 aliphatic heterocycles. The third-order valence-electron chi connectivity index (χ3n) is 7.55. The van der Waals surface area contributed by atoms with Gasteiger partial charge in [0.1, 0.15) is 0 Å². The van der Waals surface area contributed by atoms with Crippen LogP contribution >= 0.6 is 0 Å². The first-order valence-corrected chi connectivity index (χ1v) is 14.1. The van der Waals surface area contributed by atoms with E-state index >= 15 is 0 Å². The number of hydrogen-bond donors (Lipinski definition) is 0. The number of Topliss-reactive ketones (excluding diaryl/α,β-unsaturated/α-hetero) is 1. The van der Waals surface area contributed by atoms with Gasteiger partial charge in [-0.25, -0.2) is 8.42 Å². The van der Waals surface area contributed by atoms with E-state index in [0.717, 1.165) is 32.1 Å². The van der Waals surface area contributed by atoms with Gasteiger partial charge in [-0.15, -0.1) is 0 Å². The Kier molecular flexibility index (Phi) is 8.39. The molecule has 2 heterocycles. The number of benzene rings is 1. The smallest absolute Gasteiger partial charge is 0.243 e. The first-order chi connectivity index (χ1) is 16.3. The van der Waals surface area contributed by atoms with E-state index in [0.29, 0.717) is 25.2 Å². The van der Waals surface area contributed by atoms with Crippen LogP contribution in [0.25, 0.3) is 0 Å². The van der Waals surface area contributed by atoms with Gasteiger partial charge in [0.15, 0.2) is 5.78 Å². The zero-order valence-electron chi connectivity index (χ0n) is 20.3. The van der Waals surface area contributed by atoms with Gasteiger partial charge < -0.3 is 9.80 Å². The van der Waals surface area contributed by atoms with Crippen molar-refractivity contribution in [3.63, 3.8) is 0 Å². The second-order valence-electron chi connectivity index (χ2n) is 9.95. The molecule has 2 saturated heterocycles. The number of nitrogens with zero attached hydrogens (tertiary/aromatic N) is 4. The lowest BCUT2D eigenvalue weighted by atomic mass is 9.89. The van der Waals surface area contributed by atoms with Gasteiger partial charge in [-0.3, -0.25) is 14.5 Å². The summed E-state index contributed by atoms with van der Waals surface area (Å²) >= 11 is 0. The summed E-state index contributed by atoms with van der Waals surface area (Å²) in [6.07, 6.45) is 6.87. The van der Waals surface area contributed by atoms with E-state index < -0.39 is 10.0 Å². The summed E-state index contributed by atoms with van der Waals surface area (Å²) in [5.74, 6) is 0.840. The van der Waals surface area contributed by atoms with Crippen LogP contribution < -0.4 is 0 Å². The van der Waals surface area contributed by atoms with E-state index in [-0.39, 0.29) is 29.7 Å². The highest BCUT2D eigenvalue weighted by atomic mass is 32.2. The predicted molar refractivity (Wildman–Crippen MR) is 131 cm³/mol. The van der Waals surface area contributed by atoms with Gasteiger partial charge in [0.05, 0.1) is 11.4 Å². The molecule has 8 nitrogen and oxygen atoms in total. The average Bonchev–Trinajstić information content (AvgIpc) is 2.86. The van der Waals surface area contributed by atoms with Crippen molar-refractivity contribution in [2.24, 2.45) is 5.92 Å². The molecule has 0 N–H and O–H groups in total. The molecule has 0 spiro atoms. The minimum absolute atomic E-state index is 0.0867. The molecular formula is C25H38N4O4S. The molecule has 1 aliphatic carbocycles. The van der Waals surface area contributed by atoms with E-state index in [9.17, 15) is 18.0 Å². The third-order valence-corrected chi connectivity index (χ3v) is 9.47. The van der Waals surface area contributed by atoms with Gasteiger partial charge in [0.25, 0.3) is 0 Å². The van der Waals surface area contributed by atoms with Gasteiger partial charge in [-0.1, -0.05) is 31.4 Å². The maximum absolute atomic E-state index is 13.0. The van der Waals surface area contributed by atoms with Gasteiger partial charge in [-0.05, 0) is 37.8 Å². The van der Waals surface area contributed by atoms with Crippen molar-refractivity contribution in [1.29, 1.82) is 0 Å². The molecule has 1 saturated carbocycles. The van der Waals surface area contributed by atoms with Crippen molar-refractivity contribution in [3.05, 3.63) is 29.8 Å². The quantitative estimate of drug-likeness (QED) is 0.544. The first-order valence-electron chi connectivity index (χ1n) is 12.7. The third kappa shape index (κ3) is 6.24. The topological polar surface area (TPSA) is 81.2 Å². The number of hydrogen-bond acceptors (Lipinski definition) is 6. The molecule has 3 fully saturated rings. The lowest BCUT2D eigenvalue weighted by molar-refractivity contribution is -0.134. The molecule has 9 heteroatoms. The minimum atomic E-state index is -3.63. The Bertz CT molecular complexity index is 944. The molecule has 1 aromatic rings. The van der Waals surface area contributed by atoms with Gasteiger partial charge in [0, 0.05) is 64.5 Å². The summed E-state index contributed by atoms with van der Waals surface area (Å²) in [6, 6.07) is 6.06. The second-order valence-corrected chi connectivity index (χ2v) is 11.9. The van der Waals surface area contributed by atoms with Crippen LogP contribution in [0.15, 0.2) is 29.2 Å². The maximum atomic E-state index is 13.0. The number of carbonyl (C=O) groups is 2.